The highest BCUT2D eigenvalue weighted by Gasteiger charge is 2.08. The Morgan fingerprint density at radius 1 is 1.33 bits per heavy atom. The zero-order valence-electron chi connectivity index (χ0n) is 11.9. The molecule has 1 rings (SSSR count). The molecule has 0 fully saturated rings. The first-order valence-electron chi connectivity index (χ1n) is 6.64. The number of aliphatic hydroxyl groups excluding tert-OH is 1. The molecule has 3 nitrogen and oxygen atoms in total. The van der Waals surface area contributed by atoms with Gasteiger partial charge in [0, 0.05) is 12.6 Å². The van der Waals surface area contributed by atoms with Crippen molar-refractivity contribution in [2.75, 3.05) is 13.2 Å². The molecule has 0 amide bonds. The van der Waals surface area contributed by atoms with E-state index in [9.17, 15) is 5.11 Å². The lowest BCUT2D eigenvalue weighted by molar-refractivity contribution is 0.103. The normalized spacial score (nSPS) is 14.3. The number of hydrogen-bond acceptors (Lipinski definition) is 3. The minimum Gasteiger partial charge on any atom is -0.491 e. The van der Waals surface area contributed by atoms with Gasteiger partial charge in [-0.2, -0.15) is 0 Å². The van der Waals surface area contributed by atoms with Gasteiger partial charge in [0.2, 0.25) is 0 Å². The predicted molar refractivity (Wildman–Crippen MR) is 75.2 cm³/mol. The fraction of sp³-hybridized carbons (Fsp3) is 0.600. The summed E-state index contributed by atoms with van der Waals surface area (Å²) in [7, 11) is 0. The Kier molecular flexibility index (Phi) is 6.16. The number of ether oxygens (including phenoxy) is 1. The average molecular weight is 251 g/mol. The van der Waals surface area contributed by atoms with Gasteiger partial charge in [-0.3, -0.25) is 0 Å². The molecule has 0 aliphatic carbocycles. The van der Waals surface area contributed by atoms with Gasteiger partial charge in [-0.1, -0.05) is 19.1 Å². The summed E-state index contributed by atoms with van der Waals surface area (Å²) < 4.78 is 5.66. The summed E-state index contributed by atoms with van der Waals surface area (Å²) in [4.78, 5) is 0. The fourth-order valence-electron chi connectivity index (χ4n) is 1.59. The molecule has 3 heteroatoms. The van der Waals surface area contributed by atoms with E-state index in [0.29, 0.717) is 19.2 Å². The maximum absolute atomic E-state index is 9.83. The van der Waals surface area contributed by atoms with Crippen molar-refractivity contribution in [2.24, 2.45) is 0 Å². The Balaban J connectivity index is 2.37. The first-order chi connectivity index (χ1) is 8.52. The van der Waals surface area contributed by atoms with Crippen LogP contribution >= 0.6 is 0 Å². The minimum absolute atomic E-state index is 0.327. The van der Waals surface area contributed by atoms with Crippen molar-refractivity contribution >= 4 is 0 Å². The van der Waals surface area contributed by atoms with Gasteiger partial charge in [-0.15, -0.1) is 0 Å². The molecule has 0 saturated heterocycles. The quantitative estimate of drug-likeness (QED) is 0.782. The van der Waals surface area contributed by atoms with Gasteiger partial charge < -0.3 is 15.2 Å². The van der Waals surface area contributed by atoms with E-state index < -0.39 is 6.10 Å². The maximum atomic E-state index is 9.83. The lowest BCUT2D eigenvalue weighted by atomic mass is 10.1. The highest BCUT2D eigenvalue weighted by Crippen LogP contribution is 2.19. The van der Waals surface area contributed by atoms with E-state index >= 15 is 0 Å². The minimum atomic E-state index is -0.473. The monoisotopic (exact) mass is 251 g/mol. The maximum Gasteiger partial charge on any atom is 0.122 e. The summed E-state index contributed by atoms with van der Waals surface area (Å²) in [6, 6.07) is 6.53. The first kappa shape index (κ1) is 15.0. The number of rotatable bonds is 7. The van der Waals surface area contributed by atoms with E-state index in [2.05, 4.69) is 25.2 Å². The number of nitrogens with one attached hydrogen (secondary N) is 1. The van der Waals surface area contributed by atoms with E-state index in [1.165, 1.54) is 5.56 Å². The number of hydrogen-bond donors (Lipinski definition) is 2. The van der Waals surface area contributed by atoms with Gasteiger partial charge in [0.25, 0.3) is 0 Å². The molecule has 102 valence electrons. The second-order valence-corrected chi connectivity index (χ2v) is 4.95. The molecule has 1 aromatic rings. The molecule has 0 saturated carbocycles. The highest BCUT2D eigenvalue weighted by molar-refractivity contribution is 5.35. The Hall–Kier alpha value is -1.06. The van der Waals surface area contributed by atoms with Crippen LogP contribution in [0.1, 0.15) is 31.4 Å². The average Bonchev–Trinajstić information content (AvgIpc) is 2.36. The molecule has 2 atom stereocenters. The lowest BCUT2D eigenvalue weighted by Gasteiger charge is -2.17. The molecule has 0 heterocycles. The Labute approximate surface area is 110 Å². The van der Waals surface area contributed by atoms with Crippen LogP contribution in [0.15, 0.2) is 18.2 Å². The zero-order valence-corrected chi connectivity index (χ0v) is 11.9. The molecule has 0 aromatic heterocycles. The molecular weight excluding hydrogens is 226 g/mol. The van der Waals surface area contributed by atoms with Gasteiger partial charge in [0.1, 0.15) is 18.5 Å². The van der Waals surface area contributed by atoms with E-state index in [4.69, 9.17) is 4.74 Å². The van der Waals surface area contributed by atoms with E-state index in [-0.39, 0.29) is 0 Å². The Morgan fingerprint density at radius 3 is 2.72 bits per heavy atom. The molecular formula is C15H25NO2. The summed E-state index contributed by atoms with van der Waals surface area (Å²) in [6.07, 6.45) is 0.587. The number of benzene rings is 1. The molecule has 2 N–H and O–H groups in total. The van der Waals surface area contributed by atoms with Crippen LogP contribution in [0, 0.1) is 13.8 Å². The third-order valence-electron chi connectivity index (χ3n) is 3.09. The van der Waals surface area contributed by atoms with Crippen molar-refractivity contribution < 1.29 is 9.84 Å². The van der Waals surface area contributed by atoms with Gasteiger partial charge >= 0.3 is 0 Å². The van der Waals surface area contributed by atoms with Crippen LogP contribution in [-0.4, -0.2) is 30.4 Å². The Bertz CT molecular complexity index is 366. The van der Waals surface area contributed by atoms with Crippen LogP contribution in [0.5, 0.6) is 5.75 Å². The van der Waals surface area contributed by atoms with Crippen molar-refractivity contribution in [3.63, 3.8) is 0 Å². The molecule has 0 spiro atoms. The van der Waals surface area contributed by atoms with Crippen LogP contribution in [0.2, 0.25) is 0 Å². The summed E-state index contributed by atoms with van der Waals surface area (Å²) in [5.41, 5.74) is 2.27. The van der Waals surface area contributed by atoms with Gasteiger partial charge in [0.05, 0.1) is 0 Å². The number of aliphatic hydroxyl groups is 1. The van der Waals surface area contributed by atoms with Crippen LogP contribution in [0.25, 0.3) is 0 Å². The Morgan fingerprint density at radius 2 is 2.06 bits per heavy atom. The van der Waals surface area contributed by atoms with E-state index in [1.807, 2.05) is 26.0 Å². The third-order valence-corrected chi connectivity index (χ3v) is 3.09. The van der Waals surface area contributed by atoms with Crippen molar-refractivity contribution in [1.82, 2.24) is 5.32 Å². The van der Waals surface area contributed by atoms with Crippen LogP contribution in [0.3, 0.4) is 0 Å². The van der Waals surface area contributed by atoms with Gasteiger partial charge in [-0.05, 0) is 44.4 Å². The number of aryl methyl sites for hydroxylation is 2. The first-order valence-corrected chi connectivity index (χ1v) is 6.64. The second-order valence-electron chi connectivity index (χ2n) is 4.95. The highest BCUT2D eigenvalue weighted by atomic mass is 16.5. The van der Waals surface area contributed by atoms with Crippen LogP contribution in [0.4, 0.5) is 0 Å². The van der Waals surface area contributed by atoms with Gasteiger partial charge in [0.15, 0.2) is 0 Å². The van der Waals surface area contributed by atoms with Crippen LogP contribution in [-0.2, 0) is 0 Å². The SMILES string of the molecule is CCC(C)NCC(O)COc1cc(C)ccc1C. The fourth-order valence-corrected chi connectivity index (χ4v) is 1.59. The largest absolute Gasteiger partial charge is 0.491 e. The lowest BCUT2D eigenvalue weighted by Crippen LogP contribution is -2.36. The predicted octanol–water partition coefficient (Wildman–Crippen LogP) is 2.43. The van der Waals surface area contributed by atoms with Crippen molar-refractivity contribution in [1.29, 1.82) is 0 Å². The van der Waals surface area contributed by atoms with Gasteiger partial charge in [-0.25, -0.2) is 0 Å². The van der Waals surface area contributed by atoms with E-state index in [1.54, 1.807) is 0 Å². The molecule has 0 aliphatic rings. The van der Waals surface area contributed by atoms with E-state index in [0.717, 1.165) is 17.7 Å². The summed E-state index contributed by atoms with van der Waals surface area (Å²) >= 11 is 0. The molecule has 1 aromatic carbocycles. The summed E-state index contributed by atoms with van der Waals surface area (Å²) in [5, 5.41) is 13.1. The zero-order chi connectivity index (χ0) is 13.5. The third kappa shape index (κ3) is 5.07. The summed E-state index contributed by atoms with van der Waals surface area (Å²) in [6.45, 7) is 9.17. The van der Waals surface area contributed by atoms with Crippen molar-refractivity contribution in [3.8, 4) is 5.75 Å². The molecule has 2 unspecified atom stereocenters. The van der Waals surface area contributed by atoms with Crippen molar-refractivity contribution in [2.45, 2.75) is 46.3 Å². The molecule has 18 heavy (non-hydrogen) atoms. The second kappa shape index (κ2) is 7.39. The molecule has 0 bridgehead atoms. The van der Waals surface area contributed by atoms with Crippen molar-refractivity contribution in [3.05, 3.63) is 29.3 Å². The van der Waals surface area contributed by atoms with Crippen LogP contribution < -0.4 is 10.1 Å². The molecule has 0 aliphatic heterocycles. The topological polar surface area (TPSA) is 41.5 Å². The molecule has 0 radical (unpaired) electrons. The standard InChI is InChI=1S/C15H25NO2/c1-5-13(4)16-9-14(17)10-18-15-8-11(2)6-7-12(15)3/h6-8,13-14,16-17H,5,9-10H2,1-4H3. The summed E-state index contributed by atoms with van der Waals surface area (Å²) in [5.74, 6) is 0.859. The smallest absolute Gasteiger partial charge is 0.122 e.